The molecule has 1 aromatic rings. The lowest BCUT2D eigenvalue weighted by atomic mass is 9.53. The van der Waals surface area contributed by atoms with Crippen LogP contribution in [-0.2, 0) is 5.54 Å². The van der Waals surface area contributed by atoms with Crippen LogP contribution in [0, 0.1) is 23.7 Å². The van der Waals surface area contributed by atoms with E-state index in [1.165, 1.54) is 38.5 Å². The Morgan fingerprint density at radius 2 is 1.70 bits per heavy atom. The van der Waals surface area contributed by atoms with Gasteiger partial charge in [0.25, 0.3) is 0 Å². The van der Waals surface area contributed by atoms with E-state index in [4.69, 9.17) is 5.73 Å². The number of rotatable bonds is 3. The third-order valence-corrected chi connectivity index (χ3v) is 6.20. The van der Waals surface area contributed by atoms with Crippen molar-refractivity contribution in [3.05, 3.63) is 18.2 Å². The summed E-state index contributed by atoms with van der Waals surface area (Å²) in [5, 5.41) is 0. The zero-order chi connectivity index (χ0) is 13.9. The van der Waals surface area contributed by atoms with Crippen LogP contribution in [0.5, 0.6) is 0 Å². The molecule has 1 aromatic heterocycles. The summed E-state index contributed by atoms with van der Waals surface area (Å²) in [5.74, 6) is 4.47. The number of nitrogens with zero attached hydrogens (tertiary/aromatic N) is 2. The topological polar surface area (TPSA) is 43.8 Å². The van der Waals surface area contributed by atoms with Gasteiger partial charge in [0.1, 0.15) is 5.82 Å². The van der Waals surface area contributed by atoms with Gasteiger partial charge in [-0.2, -0.15) is 0 Å². The zero-order valence-corrected chi connectivity index (χ0v) is 12.8. The number of imidazole rings is 1. The smallest absolute Gasteiger partial charge is 0.126 e. The average Bonchev–Trinajstić information content (AvgIpc) is 2.85. The molecule has 4 fully saturated rings. The van der Waals surface area contributed by atoms with E-state index in [2.05, 4.69) is 29.6 Å². The van der Waals surface area contributed by atoms with E-state index in [9.17, 15) is 0 Å². The maximum atomic E-state index is 6.42. The second-order valence-electron chi connectivity index (χ2n) is 8.07. The Bertz CT molecular complexity index is 467. The lowest BCUT2D eigenvalue weighted by Gasteiger charge is -2.57. The van der Waals surface area contributed by atoms with Crippen LogP contribution in [0.1, 0.15) is 64.2 Å². The molecule has 4 bridgehead atoms. The van der Waals surface area contributed by atoms with Gasteiger partial charge in [0, 0.05) is 17.9 Å². The van der Waals surface area contributed by atoms with Crippen molar-refractivity contribution in [1.29, 1.82) is 0 Å². The van der Waals surface area contributed by atoms with Crippen molar-refractivity contribution >= 4 is 0 Å². The summed E-state index contributed by atoms with van der Waals surface area (Å²) in [7, 11) is 0. The van der Waals surface area contributed by atoms with Crippen molar-refractivity contribution in [2.45, 2.75) is 64.0 Å². The zero-order valence-electron chi connectivity index (χ0n) is 12.8. The Kier molecular flexibility index (Phi) is 2.79. The van der Waals surface area contributed by atoms with Gasteiger partial charge >= 0.3 is 0 Å². The predicted octanol–water partition coefficient (Wildman–Crippen LogP) is 3.46. The van der Waals surface area contributed by atoms with Crippen molar-refractivity contribution in [1.82, 2.24) is 9.55 Å². The summed E-state index contributed by atoms with van der Waals surface area (Å²) in [6.45, 7) is 4.40. The first-order valence-corrected chi connectivity index (χ1v) is 8.37. The first-order chi connectivity index (χ1) is 9.57. The van der Waals surface area contributed by atoms with E-state index >= 15 is 0 Å². The Labute approximate surface area is 122 Å². The molecular formula is C17H27N3. The van der Waals surface area contributed by atoms with Gasteiger partial charge in [0.2, 0.25) is 0 Å². The highest BCUT2D eigenvalue weighted by atomic mass is 15.2. The monoisotopic (exact) mass is 273 g/mol. The molecule has 3 heteroatoms. The highest BCUT2D eigenvalue weighted by Gasteiger charge is 2.52. The van der Waals surface area contributed by atoms with Crippen molar-refractivity contribution in [3.8, 4) is 0 Å². The van der Waals surface area contributed by atoms with Crippen LogP contribution in [0.2, 0.25) is 0 Å². The molecular weight excluding hydrogens is 246 g/mol. The molecule has 2 N–H and O–H groups in total. The minimum Gasteiger partial charge on any atom is -0.327 e. The standard InChI is InChI=1S/C17H27N3/c1-11(2)15(18)16-19-3-4-20(16)17-8-12-5-13(9-17)7-14(6-12)10-17/h3-4,11-15H,5-10,18H2,1-2H3. The lowest BCUT2D eigenvalue weighted by molar-refractivity contribution is -0.0451. The Balaban J connectivity index is 1.73. The molecule has 110 valence electrons. The van der Waals surface area contributed by atoms with Gasteiger partial charge in [0.15, 0.2) is 0 Å². The quantitative estimate of drug-likeness (QED) is 0.916. The molecule has 1 heterocycles. The molecule has 4 aliphatic carbocycles. The second-order valence-corrected chi connectivity index (χ2v) is 8.07. The fraction of sp³-hybridized carbons (Fsp3) is 0.824. The Hall–Kier alpha value is -0.830. The van der Waals surface area contributed by atoms with Crippen LogP contribution in [0.4, 0.5) is 0 Å². The fourth-order valence-corrected chi connectivity index (χ4v) is 5.62. The molecule has 5 rings (SSSR count). The second kappa shape index (κ2) is 4.33. The average molecular weight is 273 g/mol. The van der Waals surface area contributed by atoms with Crippen LogP contribution in [0.25, 0.3) is 0 Å². The predicted molar refractivity (Wildman–Crippen MR) is 80.1 cm³/mol. The molecule has 0 saturated heterocycles. The van der Waals surface area contributed by atoms with Gasteiger partial charge in [-0.25, -0.2) is 4.98 Å². The summed E-state index contributed by atoms with van der Waals surface area (Å²) < 4.78 is 2.50. The molecule has 0 aliphatic heterocycles. The summed E-state index contributed by atoms with van der Waals surface area (Å²) in [6.07, 6.45) is 12.7. The van der Waals surface area contributed by atoms with Crippen molar-refractivity contribution in [2.75, 3.05) is 0 Å². The van der Waals surface area contributed by atoms with Crippen LogP contribution >= 0.6 is 0 Å². The fourth-order valence-electron chi connectivity index (χ4n) is 5.62. The number of aromatic nitrogens is 2. The Morgan fingerprint density at radius 3 is 2.20 bits per heavy atom. The number of hydrogen-bond acceptors (Lipinski definition) is 2. The van der Waals surface area contributed by atoms with Crippen molar-refractivity contribution in [3.63, 3.8) is 0 Å². The minimum absolute atomic E-state index is 0.0676. The maximum absolute atomic E-state index is 6.42. The highest BCUT2D eigenvalue weighted by Crippen LogP contribution is 2.59. The summed E-state index contributed by atoms with van der Waals surface area (Å²) in [4.78, 5) is 4.63. The van der Waals surface area contributed by atoms with Crippen molar-refractivity contribution in [2.24, 2.45) is 29.4 Å². The normalized spacial score (nSPS) is 40.5. The molecule has 0 aromatic carbocycles. The van der Waals surface area contributed by atoms with Gasteiger partial charge < -0.3 is 10.3 Å². The summed E-state index contributed by atoms with van der Waals surface area (Å²) in [6, 6.07) is 0.0676. The van der Waals surface area contributed by atoms with E-state index in [0.717, 1.165) is 23.6 Å². The first-order valence-electron chi connectivity index (χ1n) is 8.37. The van der Waals surface area contributed by atoms with Gasteiger partial charge in [-0.15, -0.1) is 0 Å². The molecule has 0 amide bonds. The molecule has 0 spiro atoms. The number of hydrogen-bond donors (Lipinski definition) is 1. The third kappa shape index (κ3) is 1.78. The van der Waals surface area contributed by atoms with E-state index in [1.807, 2.05) is 6.20 Å². The van der Waals surface area contributed by atoms with Gasteiger partial charge in [-0.05, 0) is 62.2 Å². The lowest BCUT2D eigenvalue weighted by Crippen LogP contribution is -2.52. The van der Waals surface area contributed by atoms with Crippen LogP contribution in [-0.4, -0.2) is 9.55 Å². The largest absolute Gasteiger partial charge is 0.327 e. The first kappa shape index (κ1) is 12.9. The van der Waals surface area contributed by atoms with E-state index in [-0.39, 0.29) is 6.04 Å². The number of nitrogens with two attached hydrogens (primary N) is 1. The third-order valence-electron chi connectivity index (χ3n) is 6.20. The SMILES string of the molecule is CC(C)C(N)c1nccn1C12CC3CC(CC(C3)C1)C2. The molecule has 0 radical (unpaired) electrons. The van der Waals surface area contributed by atoms with Gasteiger partial charge in [0.05, 0.1) is 6.04 Å². The highest BCUT2D eigenvalue weighted by molar-refractivity contribution is 5.12. The van der Waals surface area contributed by atoms with Crippen LogP contribution in [0.15, 0.2) is 12.4 Å². The maximum Gasteiger partial charge on any atom is 0.126 e. The van der Waals surface area contributed by atoms with E-state index in [1.54, 1.807) is 0 Å². The molecule has 1 atom stereocenters. The summed E-state index contributed by atoms with van der Waals surface area (Å²) >= 11 is 0. The van der Waals surface area contributed by atoms with Crippen LogP contribution in [0.3, 0.4) is 0 Å². The molecule has 20 heavy (non-hydrogen) atoms. The molecule has 4 saturated carbocycles. The molecule has 4 aliphatic rings. The summed E-state index contributed by atoms with van der Waals surface area (Å²) in [5.41, 5.74) is 6.77. The van der Waals surface area contributed by atoms with Gasteiger partial charge in [-0.1, -0.05) is 13.8 Å². The van der Waals surface area contributed by atoms with Gasteiger partial charge in [-0.3, -0.25) is 0 Å². The molecule has 1 unspecified atom stereocenters. The van der Waals surface area contributed by atoms with E-state index in [0.29, 0.717) is 11.5 Å². The van der Waals surface area contributed by atoms with Crippen molar-refractivity contribution < 1.29 is 0 Å². The van der Waals surface area contributed by atoms with Crippen LogP contribution < -0.4 is 5.73 Å². The molecule has 3 nitrogen and oxygen atoms in total. The Morgan fingerprint density at radius 1 is 1.15 bits per heavy atom. The minimum atomic E-state index is 0.0676. The van der Waals surface area contributed by atoms with E-state index < -0.39 is 0 Å².